The molecule has 1 heterocycles. The van der Waals surface area contributed by atoms with Gasteiger partial charge in [0.1, 0.15) is 6.54 Å². The van der Waals surface area contributed by atoms with Crippen molar-refractivity contribution < 1.29 is 4.79 Å². The van der Waals surface area contributed by atoms with Crippen molar-refractivity contribution in [1.29, 1.82) is 0 Å². The van der Waals surface area contributed by atoms with Gasteiger partial charge in [0.25, 0.3) is 0 Å². The third-order valence-corrected chi connectivity index (χ3v) is 4.89. The van der Waals surface area contributed by atoms with E-state index in [2.05, 4.69) is 34.7 Å². The van der Waals surface area contributed by atoms with E-state index in [1.807, 2.05) is 49.1 Å². The second-order valence-electron chi connectivity index (χ2n) is 5.95. The molecule has 7 heteroatoms. The second-order valence-corrected chi connectivity index (χ2v) is 7.33. The van der Waals surface area contributed by atoms with Crippen LogP contribution in [0.2, 0.25) is 0 Å². The summed E-state index contributed by atoms with van der Waals surface area (Å²) >= 11 is 1.76. The van der Waals surface area contributed by atoms with E-state index in [0.29, 0.717) is 25.6 Å². The summed E-state index contributed by atoms with van der Waals surface area (Å²) in [6, 6.07) is 14.3. The van der Waals surface area contributed by atoms with Crippen molar-refractivity contribution in [1.82, 2.24) is 15.5 Å². The van der Waals surface area contributed by atoms with Gasteiger partial charge in [-0.2, -0.15) is 0 Å². The van der Waals surface area contributed by atoms with Crippen molar-refractivity contribution in [2.45, 2.75) is 33.9 Å². The Labute approximate surface area is 183 Å². The van der Waals surface area contributed by atoms with E-state index in [-0.39, 0.29) is 36.4 Å². The zero-order valence-electron chi connectivity index (χ0n) is 16.2. The summed E-state index contributed by atoms with van der Waals surface area (Å²) in [7, 11) is 0. The van der Waals surface area contributed by atoms with Gasteiger partial charge in [-0.25, -0.2) is 4.99 Å². The number of halogens is 1. The lowest BCUT2D eigenvalue weighted by molar-refractivity contribution is -0.130. The van der Waals surface area contributed by atoms with Crippen molar-refractivity contribution >= 4 is 47.2 Å². The minimum absolute atomic E-state index is 0. The molecule has 1 aromatic carbocycles. The van der Waals surface area contributed by atoms with E-state index in [1.165, 1.54) is 9.75 Å². The smallest absolute Gasteiger partial charge is 0.244 e. The molecular formula is C20H29IN4OS. The molecule has 0 saturated heterocycles. The Bertz CT molecular complexity index is 718. The lowest BCUT2D eigenvalue weighted by atomic mass is 10.2. The Balaban J connectivity index is 0.00000364. The highest BCUT2D eigenvalue weighted by molar-refractivity contribution is 14.0. The van der Waals surface area contributed by atoms with Gasteiger partial charge in [-0.3, -0.25) is 4.79 Å². The van der Waals surface area contributed by atoms with E-state index in [4.69, 9.17) is 0 Å². The van der Waals surface area contributed by atoms with Gasteiger partial charge in [-0.05, 0) is 38.5 Å². The number of nitrogens with zero attached hydrogens (tertiary/aromatic N) is 2. The van der Waals surface area contributed by atoms with Crippen LogP contribution in [0.5, 0.6) is 0 Å². The lowest BCUT2D eigenvalue weighted by Gasteiger charge is -2.20. The number of rotatable bonds is 8. The number of nitrogens with one attached hydrogen (secondary N) is 2. The second kappa shape index (κ2) is 12.7. The van der Waals surface area contributed by atoms with Crippen LogP contribution in [0.3, 0.4) is 0 Å². The molecule has 5 nitrogen and oxygen atoms in total. The minimum atomic E-state index is 0. The molecule has 27 heavy (non-hydrogen) atoms. The predicted molar refractivity (Wildman–Crippen MR) is 125 cm³/mol. The van der Waals surface area contributed by atoms with Crippen LogP contribution in [0.15, 0.2) is 47.5 Å². The molecule has 0 fully saturated rings. The SMILES string of the molecule is CCNC(=NCC(=O)N(CC)Cc1ccccc1)NCc1ccc(C)s1.I. The van der Waals surface area contributed by atoms with Gasteiger partial charge in [0.15, 0.2) is 5.96 Å². The summed E-state index contributed by atoms with van der Waals surface area (Å²) in [5, 5.41) is 6.49. The van der Waals surface area contributed by atoms with Crippen LogP contribution in [0.25, 0.3) is 0 Å². The fourth-order valence-corrected chi connectivity index (χ4v) is 3.35. The van der Waals surface area contributed by atoms with Gasteiger partial charge in [-0.15, -0.1) is 35.3 Å². The molecule has 2 N–H and O–H groups in total. The molecule has 0 aliphatic heterocycles. The molecule has 1 amide bonds. The monoisotopic (exact) mass is 500 g/mol. The summed E-state index contributed by atoms with van der Waals surface area (Å²) in [5.41, 5.74) is 1.13. The molecule has 0 aliphatic carbocycles. The molecule has 2 aromatic rings. The third-order valence-electron chi connectivity index (χ3n) is 3.89. The molecule has 0 aliphatic rings. The molecule has 0 unspecified atom stereocenters. The number of carbonyl (C=O) groups excluding carboxylic acids is 1. The largest absolute Gasteiger partial charge is 0.357 e. The van der Waals surface area contributed by atoms with Gasteiger partial charge < -0.3 is 15.5 Å². The molecule has 0 radical (unpaired) electrons. The topological polar surface area (TPSA) is 56.7 Å². The average Bonchev–Trinajstić information content (AvgIpc) is 3.08. The first-order valence-electron chi connectivity index (χ1n) is 9.01. The normalized spacial score (nSPS) is 10.9. The van der Waals surface area contributed by atoms with Crippen molar-refractivity contribution in [3.63, 3.8) is 0 Å². The maximum absolute atomic E-state index is 12.5. The number of aryl methyl sites for hydroxylation is 1. The number of hydrogen-bond acceptors (Lipinski definition) is 3. The Morgan fingerprint density at radius 1 is 1.11 bits per heavy atom. The van der Waals surface area contributed by atoms with Gasteiger partial charge >= 0.3 is 0 Å². The molecule has 148 valence electrons. The first kappa shape index (κ1) is 23.4. The van der Waals surface area contributed by atoms with Crippen LogP contribution in [-0.4, -0.2) is 36.4 Å². The van der Waals surface area contributed by atoms with Gasteiger partial charge in [0.2, 0.25) is 5.91 Å². The molecule has 2 rings (SSSR count). The maximum Gasteiger partial charge on any atom is 0.244 e. The van der Waals surface area contributed by atoms with Gasteiger partial charge in [0, 0.05) is 29.4 Å². The highest BCUT2D eigenvalue weighted by Crippen LogP contribution is 2.14. The summed E-state index contributed by atoms with van der Waals surface area (Å²) in [6.07, 6.45) is 0. The molecule has 0 spiro atoms. The third kappa shape index (κ3) is 8.30. The maximum atomic E-state index is 12.5. The van der Waals surface area contributed by atoms with Crippen molar-refractivity contribution in [2.24, 2.45) is 4.99 Å². The highest BCUT2D eigenvalue weighted by Gasteiger charge is 2.12. The van der Waals surface area contributed by atoms with E-state index >= 15 is 0 Å². The number of hydrogen-bond donors (Lipinski definition) is 2. The molecule has 1 aromatic heterocycles. The van der Waals surface area contributed by atoms with Crippen LogP contribution in [0, 0.1) is 6.92 Å². The first-order valence-corrected chi connectivity index (χ1v) is 9.83. The number of amides is 1. The van der Waals surface area contributed by atoms with Crippen LogP contribution in [-0.2, 0) is 17.9 Å². The highest BCUT2D eigenvalue weighted by atomic mass is 127. The summed E-state index contributed by atoms with van der Waals surface area (Å²) in [5.74, 6) is 0.697. The fraction of sp³-hybridized carbons (Fsp3) is 0.400. The predicted octanol–water partition coefficient (Wildman–Crippen LogP) is 3.78. The Kier molecular flexibility index (Phi) is 11.0. The quantitative estimate of drug-likeness (QED) is 0.330. The Morgan fingerprint density at radius 3 is 2.44 bits per heavy atom. The molecule has 0 saturated carbocycles. The standard InChI is InChI=1S/C20H28N4OS.HI/c1-4-21-20(22-13-18-12-11-16(3)26-18)23-14-19(25)24(5-2)15-17-9-7-6-8-10-17;/h6-12H,4-5,13-15H2,1-3H3,(H2,21,22,23);1H. The molecular weight excluding hydrogens is 471 g/mol. The van der Waals surface area contributed by atoms with E-state index < -0.39 is 0 Å². The van der Waals surface area contributed by atoms with E-state index in [9.17, 15) is 4.79 Å². The molecule has 0 atom stereocenters. The number of thiophene rings is 1. The number of aliphatic imine (C=N–C) groups is 1. The number of carbonyl (C=O) groups is 1. The Morgan fingerprint density at radius 2 is 1.85 bits per heavy atom. The zero-order valence-corrected chi connectivity index (χ0v) is 19.3. The van der Waals surface area contributed by atoms with Gasteiger partial charge in [-0.1, -0.05) is 30.3 Å². The average molecular weight is 500 g/mol. The Hall–Kier alpha value is -1.61. The first-order chi connectivity index (χ1) is 12.6. The van der Waals surface area contributed by atoms with Crippen LogP contribution in [0.1, 0.15) is 29.2 Å². The fourth-order valence-electron chi connectivity index (χ4n) is 2.52. The van der Waals surface area contributed by atoms with Crippen molar-refractivity contribution in [3.8, 4) is 0 Å². The lowest BCUT2D eigenvalue weighted by Crippen LogP contribution is -2.38. The number of likely N-dealkylation sites (N-methyl/N-ethyl adjacent to an activating group) is 1. The minimum Gasteiger partial charge on any atom is -0.357 e. The summed E-state index contributed by atoms with van der Waals surface area (Å²) in [6.45, 7) is 8.99. The number of benzene rings is 1. The molecule has 0 bridgehead atoms. The number of guanidine groups is 1. The summed E-state index contributed by atoms with van der Waals surface area (Å²) < 4.78 is 0. The van der Waals surface area contributed by atoms with Crippen molar-refractivity contribution in [2.75, 3.05) is 19.6 Å². The van der Waals surface area contributed by atoms with Crippen molar-refractivity contribution in [3.05, 3.63) is 57.8 Å². The summed E-state index contributed by atoms with van der Waals surface area (Å²) in [4.78, 5) is 21.3. The van der Waals surface area contributed by atoms with Crippen LogP contribution >= 0.6 is 35.3 Å². The van der Waals surface area contributed by atoms with E-state index in [0.717, 1.165) is 12.1 Å². The van der Waals surface area contributed by atoms with Gasteiger partial charge in [0.05, 0.1) is 6.54 Å². The zero-order chi connectivity index (χ0) is 18.8. The van der Waals surface area contributed by atoms with Crippen LogP contribution in [0.4, 0.5) is 0 Å². The van der Waals surface area contributed by atoms with Crippen LogP contribution < -0.4 is 10.6 Å². The van der Waals surface area contributed by atoms with E-state index in [1.54, 1.807) is 11.3 Å².